The highest BCUT2D eigenvalue weighted by Crippen LogP contribution is 2.07. The Morgan fingerprint density at radius 3 is 2.86 bits per heavy atom. The van der Waals surface area contributed by atoms with Gasteiger partial charge in [0.2, 0.25) is 18.3 Å². The van der Waals surface area contributed by atoms with E-state index in [2.05, 4.69) is 50.3 Å². The molecule has 0 spiro atoms. The average Bonchev–Trinajstić information content (AvgIpc) is 3.20. The van der Waals surface area contributed by atoms with Crippen molar-refractivity contribution in [2.75, 3.05) is 24.2 Å². The molecule has 108 valence electrons. The summed E-state index contributed by atoms with van der Waals surface area (Å²) in [5, 5.41) is 13.7. The van der Waals surface area contributed by atoms with Gasteiger partial charge >= 0.3 is 0 Å². The first-order valence-corrected chi connectivity index (χ1v) is 6.13. The minimum Gasteiger partial charge on any atom is -0.357 e. The largest absolute Gasteiger partial charge is 0.357 e. The zero-order chi connectivity index (χ0) is 14.5. The van der Waals surface area contributed by atoms with E-state index >= 15 is 0 Å². The van der Waals surface area contributed by atoms with Crippen LogP contribution in [0.5, 0.6) is 0 Å². The van der Waals surface area contributed by atoms with Crippen molar-refractivity contribution in [1.82, 2.24) is 39.9 Å². The summed E-state index contributed by atoms with van der Waals surface area (Å²) in [6, 6.07) is 0. The van der Waals surface area contributed by atoms with Crippen LogP contribution in [0.2, 0.25) is 0 Å². The number of aromatic nitrogens is 8. The standard InChI is InChI=1S/C10H12N10O/c1-11-8-16-9(13-3-2-7-14-6-21-19-7)18-10(17-8)20-5-12-4-15-20/h4-6H,2-3H2,1H3,(H2,11,13,16,17,18). The molecule has 3 heterocycles. The monoisotopic (exact) mass is 288 g/mol. The first kappa shape index (κ1) is 12.9. The second-order valence-corrected chi connectivity index (χ2v) is 3.90. The van der Waals surface area contributed by atoms with Gasteiger partial charge < -0.3 is 15.2 Å². The lowest BCUT2D eigenvalue weighted by atomic mass is 10.4. The van der Waals surface area contributed by atoms with E-state index in [0.29, 0.717) is 36.6 Å². The van der Waals surface area contributed by atoms with E-state index in [0.717, 1.165) is 0 Å². The van der Waals surface area contributed by atoms with E-state index in [1.807, 2.05) is 0 Å². The lowest BCUT2D eigenvalue weighted by Crippen LogP contribution is -2.13. The summed E-state index contributed by atoms with van der Waals surface area (Å²) in [6.45, 7) is 0.559. The molecule has 0 fully saturated rings. The van der Waals surface area contributed by atoms with Gasteiger partial charge in [-0.3, -0.25) is 0 Å². The summed E-state index contributed by atoms with van der Waals surface area (Å²) in [4.78, 5) is 20.5. The van der Waals surface area contributed by atoms with E-state index in [-0.39, 0.29) is 0 Å². The number of nitrogens with zero attached hydrogens (tertiary/aromatic N) is 8. The molecule has 0 unspecified atom stereocenters. The van der Waals surface area contributed by atoms with Crippen LogP contribution in [0.4, 0.5) is 11.9 Å². The Balaban J connectivity index is 1.73. The van der Waals surface area contributed by atoms with Crippen LogP contribution < -0.4 is 10.6 Å². The molecule has 0 saturated carbocycles. The molecular formula is C10H12N10O. The summed E-state index contributed by atoms with van der Waals surface area (Å²) in [5.74, 6) is 1.83. The number of hydrogen-bond donors (Lipinski definition) is 2. The Labute approximate surface area is 118 Å². The van der Waals surface area contributed by atoms with Crippen molar-refractivity contribution in [3.05, 3.63) is 24.9 Å². The lowest BCUT2D eigenvalue weighted by molar-refractivity contribution is 0.410. The van der Waals surface area contributed by atoms with Crippen LogP contribution in [-0.4, -0.2) is 53.4 Å². The van der Waals surface area contributed by atoms with Gasteiger partial charge in [-0.15, -0.1) is 0 Å². The van der Waals surface area contributed by atoms with Gasteiger partial charge in [0.25, 0.3) is 5.95 Å². The van der Waals surface area contributed by atoms with Crippen LogP contribution in [0, 0.1) is 0 Å². The number of rotatable bonds is 6. The second kappa shape index (κ2) is 5.90. The first-order chi connectivity index (χ1) is 10.3. The fraction of sp³-hybridized carbons (Fsp3) is 0.300. The molecule has 11 heteroatoms. The van der Waals surface area contributed by atoms with E-state index in [9.17, 15) is 0 Å². The predicted octanol–water partition coefficient (Wildman–Crippen LogP) is -0.468. The molecule has 3 aromatic rings. The Morgan fingerprint density at radius 2 is 2.14 bits per heavy atom. The molecule has 0 aliphatic heterocycles. The third kappa shape index (κ3) is 3.08. The molecule has 11 nitrogen and oxygen atoms in total. The fourth-order valence-electron chi connectivity index (χ4n) is 1.56. The van der Waals surface area contributed by atoms with Crippen molar-refractivity contribution < 1.29 is 4.52 Å². The lowest BCUT2D eigenvalue weighted by Gasteiger charge is -2.07. The zero-order valence-electron chi connectivity index (χ0n) is 11.1. The van der Waals surface area contributed by atoms with Crippen molar-refractivity contribution in [1.29, 1.82) is 0 Å². The van der Waals surface area contributed by atoms with Crippen molar-refractivity contribution in [3.8, 4) is 5.95 Å². The smallest absolute Gasteiger partial charge is 0.258 e. The van der Waals surface area contributed by atoms with Crippen molar-refractivity contribution >= 4 is 11.9 Å². The van der Waals surface area contributed by atoms with Crippen LogP contribution in [0.1, 0.15) is 5.82 Å². The maximum absolute atomic E-state index is 4.66. The van der Waals surface area contributed by atoms with Crippen LogP contribution in [0.15, 0.2) is 23.6 Å². The minimum absolute atomic E-state index is 0.369. The Hall–Kier alpha value is -3.11. The van der Waals surface area contributed by atoms with Crippen molar-refractivity contribution in [2.45, 2.75) is 6.42 Å². The maximum Gasteiger partial charge on any atom is 0.258 e. The molecule has 0 bridgehead atoms. The Morgan fingerprint density at radius 1 is 1.24 bits per heavy atom. The number of anilines is 2. The number of nitrogens with one attached hydrogen (secondary N) is 2. The minimum atomic E-state index is 0.369. The quantitative estimate of drug-likeness (QED) is 0.613. The molecule has 0 aromatic carbocycles. The van der Waals surface area contributed by atoms with Gasteiger partial charge in [0, 0.05) is 20.0 Å². The van der Waals surface area contributed by atoms with Gasteiger partial charge in [0.1, 0.15) is 12.7 Å². The van der Waals surface area contributed by atoms with E-state index in [1.54, 1.807) is 7.05 Å². The van der Waals surface area contributed by atoms with Crippen LogP contribution >= 0.6 is 0 Å². The predicted molar refractivity (Wildman–Crippen MR) is 70.8 cm³/mol. The van der Waals surface area contributed by atoms with Crippen molar-refractivity contribution in [2.24, 2.45) is 0 Å². The van der Waals surface area contributed by atoms with Gasteiger partial charge in [0.05, 0.1) is 0 Å². The molecule has 0 amide bonds. The highest BCUT2D eigenvalue weighted by molar-refractivity contribution is 5.37. The summed E-state index contributed by atoms with van der Waals surface area (Å²) < 4.78 is 6.11. The van der Waals surface area contributed by atoms with Crippen LogP contribution in [0.25, 0.3) is 5.95 Å². The van der Waals surface area contributed by atoms with Gasteiger partial charge in [0.15, 0.2) is 5.82 Å². The molecule has 21 heavy (non-hydrogen) atoms. The summed E-state index contributed by atoms with van der Waals surface area (Å²) in [5.41, 5.74) is 0. The topological polar surface area (TPSA) is 132 Å². The van der Waals surface area contributed by atoms with Gasteiger partial charge in [-0.25, -0.2) is 4.98 Å². The second-order valence-electron chi connectivity index (χ2n) is 3.90. The van der Waals surface area contributed by atoms with Gasteiger partial charge in [-0.1, -0.05) is 5.16 Å². The fourth-order valence-corrected chi connectivity index (χ4v) is 1.56. The van der Waals surface area contributed by atoms with E-state index in [4.69, 9.17) is 0 Å². The van der Waals surface area contributed by atoms with Crippen molar-refractivity contribution in [3.63, 3.8) is 0 Å². The molecular weight excluding hydrogens is 276 g/mol. The van der Waals surface area contributed by atoms with Gasteiger partial charge in [-0.05, 0) is 0 Å². The molecule has 3 aromatic heterocycles. The third-order valence-electron chi connectivity index (χ3n) is 2.51. The zero-order valence-corrected chi connectivity index (χ0v) is 11.1. The summed E-state index contributed by atoms with van der Waals surface area (Å²) in [7, 11) is 1.73. The van der Waals surface area contributed by atoms with Crippen LogP contribution in [-0.2, 0) is 6.42 Å². The maximum atomic E-state index is 4.66. The highest BCUT2D eigenvalue weighted by Gasteiger charge is 2.08. The molecule has 0 atom stereocenters. The summed E-state index contributed by atoms with van der Waals surface area (Å²) in [6.07, 6.45) is 4.81. The third-order valence-corrected chi connectivity index (χ3v) is 2.51. The molecule has 0 aliphatic carbocycles. The van der Waals surface area contributed by atoms with E-state index < -0.39 is 0 Å². The average molecular weight is 288 g/mol. The first-order valence-electron chi connectivity index (χ1n) is 6.13. The van der Waals surface area contributed by atoms with Gasteiger partial charge in [-0.2, -0.15) is 29.7 Å². The SMILES string of the molecule is CNc1nc(NCCc2ncon2)nc(-n2cncn2)n1. The summed E-state index contributed by atoms with van der Waals surface area (Å²) >= 11 is 0. The number of hydrogen-bond acceptors (Lipinski definition) is 10. The molecule has 0 radical (unpaired) electrons. The molecule has 0 saturated heterocycles. The molecule has 3 rings (SSSR count). The van der Waals surface area contributed by atoms with E-state index in [1.165, 1.54) is 23.7 Å². The molecule has 0 aliphatic rings. The molecule has 2 N–H and O–H groups in total. The Kier molecular flexibility index (Phi) is 3.62. The van der Waals surface area contributed by atoms with Crippen LogP contribution in [0.3, 0.4) is 0 Å². The Bertz CT molecular complexity index is 680. The highest BCUT2D eigenvalue weighted by atomic mass is 16.5. The normalized spacial score (nSPS) is 10.5.